The summed E-state index contributed by atoms with van der Waals surface area (Å²) < 4.78 is 0. The van der Waals surface area contributed by atoms with Crippen molar-refractivity contribution in [2.24, 2.45) is 0 Å². The Morgan fingerprint density at radius 1 is 0.393 bits per heavy atom. The maximum atomic E-state index is 8.00. The van der Waals surface area contributed by atoms with E-state index >= 15 is 0 Å². The van der Waals surface area contributed by atoms with Gasteiger partial charge in [-0.15, -0.1) is 0 Å². The monoisotopic (exact) mass is 438 g/mol. The van der Waals surface area contributed by atoms with E-state index in [-0.39, 0.29) is 16.8 Å². The van der Waals surface area contributed by atoms with Crippen molar-refractivity contribution in [2.75, 3.05) is 0 Å². The van der Waals surface area contributed by atoms with Gasteiger partial charge in [0.2, 0.25) is 0 Å². The van der Waals surface area contributed by atoms with Crippen LogP contribution in [-0.2, 0) is 36.0 Å². The minimum absolute atomic E-state index is 0. The standard InChI is InChI=1S/C18H15Si.4CH2O.Co/c1-4-10-16(11-5-1)19(17-12-6-2-7-13-17)18-14-8-3-9-15-18;4*1-2;/h1-15H;4*1H2;. The van der Waals surface area contributed by atoms with Gasteiger partial charge in [-0.25, -0.2) is 0 Å². The number of hydrogen-bond donors (Lipinski definition) is 0. The average Bonchev–Trinajstić information content (AvgIpc) is 2.82. The maximum Gasteiger partial charge on any atom is 0.154 e. The number of carbonyl (C=O) groups is 4. The van der Waals surface area contributed by atoms with Gasteiger partial charge in [0, 0.05) is 16.8 Å². The van der Waals surface area contributed by atoms with E-state index in [1.54, 1.807) is 0 Å². The molecule has 4 nitrogen and oxygen atoms in total. The molecule has 0 N–H and O–H groups in total. The molecule has 0 heterocycles. The smallest absolute Gasteiger partial charge is 0.154 e. The second-order valence-electron chi connectivity index (χ2n) is 4.47. The molecule has 0 unspecified atom stereocenters. The molecule has 28 heavy (non-hydrogen) atoms. The normalized spacial score (nSPS) is 7.75. The first-order valence-electron chi connectivity index (χ1n) is 7.64. The summed E-state index contributed by atoms with van der Waals surface area (Å²) >= 11 is 0. The Hall–Kier alpha value is -2.94. The fourth-order valence-corrected chi connectivity index (χ4v) is 4.89. The second-order valence-corrected chi connectivity index (χ2v) is 6.96. The van der Waals surface area contributed by atoms with Crippen molar-refractivity contribution in [3.05, 3.63) is 91.0 Å². The zero-order valence-electron chi connectivity index (χ0n) is 15.5. The van der Waals surface area contributed by atoms with Gasteiger partial charge in [-0.1, -0.05) is 107 Å². The Labute approximate surface area is 178 Å². The van der Waals surface area contributed by atoms with E-state index < -0.39 is 8.80 Å². The molecule has 3 rings (SSSR count). The number of hydrogen-bond acceptors (Lipinski definition) is 4. The van der Waals surface area contributed by atoms with Gasteiger partial charge in [0.1, 0.15) is 27.2 Å². The number of rotatable bonds is 3. The summed E-state index contributed by atoms with van der Waals surface area (Å²) in [6.45, 7) is 8.00. The Morgan fingerprint density at radius 2 is 0.571 bits per heavy atom. The zero-order valence-corrected chi connectivity index (χ0v) is 17.5. The van der Waals surface area contributed by atoms with Crippen LogP contribution in [0.5, 0.6) is 0 Å². The van der Waals surface area contributed by atoms with E-state index in [1.807, 2.05) is 27.2 Å². The summed E-state index contributed by atoms with van der Waals surface area (Å²) in [5.41, 5.74) is 0. The topological polar surface area (TPSA) is 68.3 Å². The molecule has 6 heteroatoms. The molecule has 3 aromatic carbocycles. The molecule has 0 aliphatic carbocycles. The van der Waals surface area contributed by atoms with Gasteiger partial charge < -0.3 is 19.2 Å². The third kappa shape index (κ3) is 10.3. The van der Waals surface area contributed by atoms with Crippen LogP contribution in [0, 0.1) is 0 Å². The SMILES string of the molecule is C=O.C=O.C=O.C=O.[Co].c1ccc([Si](c2ccccc2)c2ccccc2)cc1. The second kappa shape index (κ2) is 22.1. The molecule has 3 aromatic rings. The fraction of sp³-hybridized carbons (Fsp3) is 0. The molecule has 0 fully saturated rings. The molecule has 0 atom stereocenters. The molecule has 0 saturated carbocycles. The zero-order chi connectivity index (χ0) is 20.9. The van der Waals surface area contributed by atoms with E-state index in [0.29, 0.717) is 0 Å². The summed E-state index contributed by atoms with van der Waals surface area (Å²) in [5.74, 6) is 0. The quantitative estimate of drug-likeness (QED) is 0.459. The van der Waals surface area contributed by atoms with Crippen molar-refractivity contribution in [1.82, 2.24) is 0 Å². The molecule has 0 bridgehead atoms. The third-order valence-corrected chi connectivity index (χ3v) is 5.92. The Kier molecular flexibility index (Phi) is 23.5. The van der Waals surface area contributed by atoms with Crippen LogP contribution in [0.4, 0.5) is 0 Å². The van der Waals surface area contributed by atoms with Gasteiger partial charge in [0.05, 0.1) is 0 Å². The van der Waals surface area contributed by atoms with E-state index in [2.05, 4.69) is 91.0 Å². The molecule has 0 aliphatic rings. The van der Waals surface area contributed by atoms with Crippen LogP contribution >= 0.6 is 0 Å². The Balaban J connectivity index is -0.000000622. The van der Waals surface area contributed by atoms with Crippen LogP contribution in [0.15, 0.2) is 91.0 Å². The first kappa shape index (κ1) is 29.8. The van der Waals surface area contributed by atoms with Crippen LogP contribution < -0.4 is 15.6 Å². The molecule has 0 aromatic heterocycles. The predicted octanol–water partition coefficient (Wildman–Crippen LogP) is 1.46. The van der Waals surface area contributed by atoms with Crippen LogP contribution in [0.3, 0.4) is 0 Å². The summed E-state index contributed by atoms with van der Waals surface area (Å²) in [4.78, 5) is 32.0. The van der Waals surface area contributed by atoms with Crippen LogP contribution in [0.1, 0.15) is 0 Å². The summed E-state index contributed by atoms with van der Waals surface area (Å²) in [5, 5.41) is 4.31. The van der Waals surface area contributed by atoms with Crippen molar-refractivity contribution in [3.8, 4) is 0 Å². The summed E-state index contributed by atoms with van der Waals surface area (Å²) in [7, 11) is -0.877. The predicted molar refractivity (Wildman–Crippen MR) is 112 cm³/mol. The average molecular weight is 438 g/mol. The van der Waals surface area contributed by atoms with Crippen molar-refractivity contribution in [2.45, 2.75) is 0 Å². The molecular weight excluding hydrogens is 415 g/mol. The minimum Gasteiger partial charge on any atom is -0.307 e. The van der Waals surface area contributed by atoms with Gasteiger partial charge in [-0.2, -0.15) is 0 Å². The minimum atomic E-state index is -0.877. The van der Waals surface area contributed by atoms with Crippen molar-refractivity contribution in [3.63, 3.8) is 0 Å². The van der Waals surface area contributed by atoms with Crippen LogP contribution in [-0.4, -0.2) is 36.0 Å². The van der Waals surface area contributed by atoms with E-state index in [0.717, 1.165) is 0 Å². The Bertz CT molecular complexity index is 598. The largest absolute Gasteiger partial charge is 0.307 e. The first-order chi connectivity index (χ1) is 13.4. The molecule has 0 aliphatic heterocycles. The first-order valence-corrected chi connectivity index (χ1v) is 9.14. The third-order valence-electron chi connectivity index (χ3n) is 3.19. The van der Waals surface area contributed by atoms with Crippen molar-refractivity contribution in [1.29, 1.82) is 0 Å². The molecule has 0 saturated heterocycles. The van der Waals surface area contributed by atoms with Gasteiger partial charge >= 0.3 is 0 Å². The summed E-state index contributed by atoms with van der Waals surface area (Å²) in [6, 6.07) is 32.5. The molecule has 0 spiro atoms. The van der Waals surface area contributed by atoms with Crippen LogP contribution in [0.2, 0.25) is 0 Å². The fourth-order valence-electron chi connectivity index (χ4n) is 2.31. The van der Waals surface area contributed by atoms with Gasteiger partial charge in [-0.05, 0) is 0 Å². The van der Waals surface area contributed by atoms with E-state index in [9.17, 15) is 0 Å². The van der Waals surface area contributed by atoms with Gasteiger partial charge in [0.25, 0.3) is 0 Å². The number of carbonyl (C=O) groups excluding carboxylic acids is 4. The van der Waals surface area contributed by atoms with Crippen LogP contribution in [0.25, 0.3) is 0 Å². The van der Waals surface area contributed by atoms with Gasteiger partial charge in [0.15, 0.2) is 8.80 Å². The van der Waals surface area contributed by atoms with Crippen molar-refractivity contribution < 1.29 is 36.0 Å². The van der Waals surface area contributed by atoms with E-state index in [1.165, 1.54) is 15.6 Å². The summed E-state index contributed by atoms with van der Waals surface area (Å²) in [6.07, 6.45) is 0. The maximum absolute atomic E-state index is 8.00. The molecular formula is C22H23CoO4Si. The molecule has 0 amide bonds. The molecule has 2 radical (unpaired) electrons. The van der Waals surface area contributed by atoms with Gasteiger partial charge in [-0.3, -0.25) is 0 Å². The number of benzene rings is 3. The van der Waals surface area contributed by atoms with E-state index in [4.69, 9.17) is 19.2 Å². The van der Waals surface area contributed by atoms with Crippen molar-refractivity contribution >= 4 is 51.5 Å². The Morgan fingerprint density at radius 3 is 0.750 bits per heavy atom. The molecule has 148 valence electrons.